The number of carbonyl (C=O) groups is 1. The highest BCUT2D eigenvalue weighted by Gasteiger charge is 2.12. The Labute approximate surface area is 80.9 Å². The third-order valence-electron chi connectivity index (χ3n) is 1.70. The zero-order valence-corrected chi connectivity index (χ0v) is 8.34. The molecule has 1 heterocycles. The van der Waals surface area contributed by atoms with Crippen molar-refractivity contribution in [3.8, 4) is 0 Å². The number of aryl methyl sites for hydroxylation is 1. The van der Waals surface area contributed by atoms with Crippen LogP contribution >= 0.6 is 11.6 Å². The Kier molecular flexibility index (Phi) is 2.83. The molecule has 70 valence electrons. The van der Waals surface area contributed by atoms with Crippen LogP contribution in [0.25, 0.3) is 0 Å². The summed E-state index contributed by atoms with van der Waals surface area (Å²) in [6.07, 6.45) is 0. The van der Waals surface area contributed by atoms with Crippen LogP contribution in [0.2, 0.25) is 5.15 Å². The monoisotopic (exact) mass is 200 g/mol. The van der Waals surface area contributed by atoms with Crippen LogP contribution in [-0.2, 0) is 4.74 Å². The Balaban J connectivity index is 3.20. The molecule has 4 nitrogen and oxygen atoms in total. The first-order valence-corrected chi connectivity index (χ1v) is 4.03. The van der Waals surface area contributed by atoms with E-state index in [1.54, 1.807) is 13.8 Å². The normalized spacial score (nSPS) is 9.85. The second-order valence-corrected chi connectivity index (χ2v) is 2.90. The summed E-state index contributed by atoms with van der Waals surface area (Å²) >= 11 is 5.76. The third kappa shape index (κ3) is 1.95. The van der Waals surface area contributed by atoms with E-state index in [4.69, 9.17) is 11.6 Å². The van der Waals surface area contributed by atoms with Crippen molar-refractivity contribution in [2.45, 2.75) is 13.8 Å². The predicted molar refractivity (Wildman–Crippen MR) is 47.9 cm³/mol. The molecule has 0 aliphatic carbocycles. The molecule has 0 unspecified atom stereocenters. The number of methoxy groups -OCH3 is 1. The summed E-state index contributed by atoms with van der Waals surface area (Å²) in [7, 11) is 1.27. The molecule has 0 saturated carbocycles. The van der Waals surface area contributed by atoms with E-state index in [2.05, 4.69) is 14.7 Å². The molecular formula is C8H9ClN2O2. The number of esters is 1. The van der Waals surface area contributed by atoms with E-state index >= 15 is 0 Å². The zero-order valence-electron chi connectivity index (χ0n) is 7.59. The minimum absolute atomic E-state index is 0.00407. The smallest absolute Gasteiger partial charge is 0.376 e. The molecule has 1 aromatic rings. The molecular weight excluding hydrogens is 192 g/mol. The van der Waals surface area contributed by atoms with Crippen LogP contribution in [0.3, 0.4) is 0 Å². The Bertz CT molecular complexity index is 329. The van der Waals surface area contributed by atoms with Gasteiger partial charge in [0.05, 0.1) is 7.11 Å². The molecule has 0 amide bonds. The molecule has 0 spiro atoms. The minimum Gasteiger partial charge on any atom is -0.463 e. The van der Waals surface area contributed by atoms with E-state index in [0.29, 0.717) is 5.69 Å². The first-order valence-electron chi connectivity index (χ1n) is 3.65. The van der Waals surface area contributed by atoms with Crippen molar-refractivity contribution < 1.29 is 9.53 Å². The summed E-state index contributed by atoms with van der Waals surface area (Å²) in [6.45, 7) is 3.55. The highest BCUT2D eigenvalue weighted by atomic mass is 35.5. The van der Waals surface area contributed by atoms with Crippen LogP contribution in [0, 0.1) is 13.8 Å². The molecule has 0 aromatic carbocycles. The molecule has 13 heavy (non-hydrogen) atoms. The van der Waals surface area contributed by atoms with Crippen molar-refractivity contribution in [3.05, 3.63) is 22.2 Å². The zero-order chi connectivity index (χ0) is 10.0. The van der Waals surface area contributed by atoms with Gasteiger partial charge >= 0.3 is 5.97 Å². The van der Waals surface area contributed by atoms with Crippen LogP contribution in [0.5, 0.6) is 0 Å². The predicted octanol–water partition coefficient (Wildman–Crippen LogP) is 1.53. The highest BCUT2D eigenvalue weighted by molar-refractivity contribution is 6.30. The summed E-state index contributed by atoms with van der Waals surface area (Å²) in [5.74, 6) is -0.583. The highest BCUT2D eigenvalue weighted by Crippen LogP contribution is 2.14. The van der Waals surface area contributed by atoms with Gasteiger partial charge < -0.3 is 4.74 Å². The molecule has 5 heteroatoms. The van der Waals surface area contributed by atoms with E-state index in [1.807, 2.05) is 0 Å². The summed E-state index contributed by atoms with van der Waals surface area (Å²) in [5.41, 5.74) is 1.45. The van der Waals surface area contributed by atoms with Crippen LogP contribution in [-0.4, -0.2) is 23.0 Å². The first-order chi connectivity index (χ1) is 6.06. The van der Waals surface area contributed by atoms with Gasteiger partial charge in [-0.1, -0.05) is 11.6 Å². The molecule has 1 aromatic heterocycles. The molecule has 0 atom stereocenters. The van der Waals surface area contributed by atoms with E-state index in [1.165, 1.54) is 7.11 Å². The van der Waals surface area contributed by atoms with Gasteiger partial charge in [0, 0.05) is 11.3 Å². The molecule has 0 aliphatic rings. The van der Waals surface area contributed by atoms with Gasteiger partial charge in [-0.3, -0.25) is 0 Å². The van der Waals surface area contributed by atoms with Crippen LogP contribution < -0.4 is 0 Å². The van der Waals surface area contributed by atoms with Gasteiger partial charge in [0.1, 0.15) is 5.15 Å². The van der Waals surface area contributed by atoms with Crippen molar-refractivity contribution in [2.75, 3.05) is 7.11 Å². The van der Waals surface area contributed by atoms with Crippen LogP contribution in [0.4, 0.5) is 0 Å². The Hall–Kier alpha value is -1.16. The first kappa shape index (κ1) is 9.92. The maximum atomic E-state index is 11.0. The summed E-state index contributed by atoms with van der Waals surface area (Å²) in [6, 6.07) is 0. The SMILES string of the molecule is COC(=O)c1nc(C)c(C)c(Cl)n1. The van der Waals surface area contributed by atoms with Gasteiger partial charge in [-0.25, -0.2) is 14.8 Å². The van der Waals surface area contributed by atoms with E-state index < -0.39 is 5.97 Å². The van der Waals surface area contributed by atoms with Crippen molar-refractivity contribution in [1.29, 1.82) is 0 Å². The third-order valence-corrected chi connectivity index (χ3v) is 2.07. The van der Waals surface area contributed by atoms with Crippen molar-refractivity contribution in [2.24, 2.45) is 0 Å². The maximum Gasteiger partial charge on any atom is 0.376 e. The van der Waals surface area contributed by atoms with Gasteiger partial charge in [0.25, 0.3) is 0 Å². The average molecular weight is 201 g/mol. The Morgan fingerprint density at radius 2 is 2.00 bits per heavy atom. The van der Waals surface area contributed by atoms with Gasteiger partial charge in [-0.15, -0.1) is 0 Å². The van der Waals surface area contributed by atoms with Crippen molar-refractivity contribution in [3.63, 3.8) is 0 Å². The Morgan fingerprint density at radius 1 is 1.38 bits per heavy atom. The lowest BCUT2D eigenvalue weighted by atomic mass is 10.3. The summed E-state index contributed by atoms with van der Waals surface area (Å²) in [5, 5.41) is 0.285. The summed E-state index contributed by atoms with van der Waals surface area (Å²) in [4.78, 5) is 18.7. The number of hydrogen-bond acceptors (Lipinski definition) is 4. The molecule has 0 radical (unpaired) electrons. The fraction of sp³-hybridized carbons (Fsp3) is 0.375. The summed E-state index contributed by atoms with van der Waals surface area (Å²) < 4.78 is 4.46. The number of hydrogen-bond donors (Lipinski definition) is 0. The number of nitrogens with zero attached hydrogens (tertiary/aromatic N) is 2. The molecule has 0 bridgehead atoms. The fourth-order valence-corrected chi connectivity index (χ4v) is 0.993. The topological polar surface area (TPSA) is 52.1 Å². The molecule has 1 rings (SSSR count). The van der Waals surface area contributed by atoms with Gasteiger partial charge in [-0.05, 0) is 13.8 Å². The molecule has 0 saturated heterocycles. The van der Waals surface area contributed by atoms with E-state index in [9.17, 15) is 4.79 Å². The van der Waals surface area contributed by atoms with Crippen LogP contribution in [0.15, 0.2) is 0 Å². The number of rotatable bonds is 1. The van der Waals surface area contributed by atoms with Crippen LogP contribution in [0.1, 0.15) is 21.9 Å². The number of carbonyl (C=O) groups excluding carboxylic acids is 1. The second kappa shape index (κ2) is 3.70. The second-order valence-electron chi connectivity index (χ2n) is 2.54. The molecule has 0 N–H and O–H groups in total. The Morgan fingerprint density at radius 3 is 2.46 bits per heavy atom. The van der Waals surface area contributed by atoms with Gasteiger partial charge in [-0.2, -0.15) is 0 Å². The van der Waals surface area contributed by atoms with E-state index in [0.717, 1.165) is 5.56 Å². The largest absolute Gasteiger partial charge is 0.463 e. The van der Waals surface area contributed by atoms with E-state index in [-0.39, 0.29) is 11.0 Å². The lowest BCUT2D eigenvalue weighted by Gasteiger charge is -2.03. The number of ether oxygens (including phenoxy) is 1. The number of aromatic nitrogens is 2. The maximum absolute atomic E-state index is 11.0. The number of halogens is 1. The van der Waals surface area contributed by atoms with Gasteiger partial charge in [0.15, 0.2) is 0 Å². The lowest BCUT2D eigenvalue weighted by Crippen LogP contribution is -2.09. The molecule has 0 fully saturated rings. The molecule has 0 aliphatic heterocycles. The quantitative estimate of drug-likeness (QED) is 0.510. The van der Waals surface area contributed by atoms with Crippen molar-refractivity contribution in [1.82, 2.24) is 9.97 Å². The minimum atomic E-state index is -0.579. The fourth-order valence-electron chi connectivity index (χ4n) is 0.776. The van der Waals surface area contributed by atoms with Crippen molar-refractivity contribution >= 4 is 17.6 Å². The lowest BCUT2D eigenvalue weighted by molar-refractivity contribution is 0.0586. The standard InChI is InChI=1S/C8H9ClN2O2/c1-4-5(2)10-7(8(12)13-3)11-6(4)9/h1-3H3. The average Bonchev–Trinajstić information content (AvgIpc) is 2.12. The van der Waals surface area contributed by atoms with Gasteiger partial charge in [0.2, 0.25) is 5.82 Å².